The van der Waals surface area contributed by atoms with Gasteiger partial charge in [-0.2, -0.15) is 0 Å². The highest BCUT2D eigenvalue weighted by molar-refractivity contribution is 5.78. The van der Waals surface area contributed by atoms with E-state index in [0.717, 1.165) is 0 Å². The van der Waals surface area contributed by atoms with Crippen LogP contribution in [0.25, 0.3) is 0 Å². The zero-order valence-corrected chi connectivity index (χ0v) is 10.5. The van der Waals surface area contributed by atoms with Gasteiger partial charge in [0.05, 0.1) is 7.11 Å². The van der Waals surface area contributed by atoms with E-state index in [-0.39, 0.29) is 12.8 Å². The summed E-state index contributed by atoms with van der Waals surface area (Å²) in [6.45, 7) is 1.38. The molecule has 0 fully saturated rings. The monoisotopic (exact) mass is 254 g/mol. The van der Waals surface area contributed by atoms with Gasteiger partial charge in [-0.1, -0.05) is 0 Å². The van der Waals surface area contributed by atoms with Crippen LogP contribution in [-0.2, 0) is 14.3 Å². The van der Waals surface area contributed by atoms with E-state index in [0.29, 0.717) is 0 Å². The zero-order valence-electron chi connectivity index (χ0n) is 10.5. The normalized spacial score (nSPS) is 13.7. The summed E-state index contributed by atoms with van der Waals surface area (Å²) in [6, 6.07) is -0.667. The third-order valence-electron chi connectivity index (χ3n) is 1.80. The molecule has 0 aromatic rings. The average Bonchev–Trinajstić information content (AvgIpc) is 2.29. The van der Waals surface area contributed by atoms with Crippen LogP contribution in [0.4, 0.5) is 0 Å². The van der Waals surface area contributed by atoms with Crippen molar-refractivity contribution in [3.05, 3.63) is 0 Å². The number of carboxylic acid groups (broad SMARTS) is 1. The largest absolute Gasteiger partial charge is 0.480 e. The maximum absolute atomic E-state index is 10.5. The molecule has 0 radical (unpaired) electrons. The molecule has 0 aliphatic heterocycles. The fourth-order valence-electron chi connectivity index (χ4n) is 0.649. The lowest BCUT2D eigenvalue weighted by Crippen LogP contribution is -2.44. The molecule has 6 nitrogen and oxygen atoms in total. The van der Waals surface area contributed by atoms with E-state index in [9.17, 15) is 9.59 Å². The number of rotatable bonds is 4. The Morgan fingerprint density at radius 3 is 2.17 bits per heavy atom. The Morgan fingerprint density at radius 2 is 1.94 bits per heavy atom. The molecule has 6 heteroatoms. The van der Waals surface area contributed by atoms with Crippen molar-refractivity contribution in [3.63, 3.8) is 0 Å². The van der Waals surface area contributed by atoms with Gasteiger partial charge in [-0.15, -0.1) is 24.7 Å². The van der Waals surface area contributed by atoms with Crippen molar-refractivity contribution < 1.29 is 19.4 Å². The van der Waals surface area contributed by atoms with Gasteiger partial charge in [-0.25, -0.2) is 0 Å². The smallest absolute Gasteiger partial charge is 0.324 e. The number of carboxylic acids is 1. The molecular weight excluding hydrogens is 236 g/mol. The minimum Gasteiger partial charge on any atom is -0.480 e. The van der Waals surface area contributed by atoms with Crippen molar-refractivity contribution in [1.29, 1.82) is 0 Å². The summed E-state index contributed by atoms with van der Waals surface area (Å²) in [5.74, 6) is 2.91. The number of methoxy groups -OCH3 is 1. The van der Waals surface area contributed by atoms with Crippen molar-refractivity contribution >= 4 is 11.9 Å². The Bertz CT molecular complexity index is 361. The lowest BCUT2D eigenvalue weighted by atomic mass is 10.0. The molecule has 0 saturated heterocycles. The zero-order chi connectivity index (χ0) is 14.8. The van der Waals surface area contributed by atoms with Gasteiger partial charge in [0.15, 0.2) is 0 Å². The third kappa shape index (κ3) is 8.17. The number of hydrogen-bond donors (Lipinski definition) is 3. The molecule has 2 atom stereocenters. The van der Waals surface area contributed by atoms with Gasteiger partial charge in [-0.3, -0.25) is 9.59 Å². The Labute approximate surface area is 107 Å². The minimum absolute atomic E-state index is 0.0579. The van der Waals surface area contributed by atoms with Crippen molar-refractivity contribution in [1.82, 2.24) is 0 Å². The van der Waals surface area contributed by atoms with Crippen molar-refractivity contribution in [2.75, 3.05) is 7.11 Å². The average molecular weight is 254 g/mol. The third-order valence-corrected chi connectivity index (χ3v) is 1.80. The van der Waals surface area contributed by atoms with E-state index in [1.54, 1.807) is 0 Å². The molecule has 5 N–H and O–H groups in total. The van der Waals surface area contributed by atoms with Crippen LogP contribution in [0, 0.1) is 24.7 Å². The Balaban J connectivity index is 0. The van der Waals surface area contributed by atoms with Crippen LogP contribution in [-0.4, -0.2) is 35.7 Å². The summed E-state index contributed by atoms with van der Waals surface area (Å²) in [6.07, 6.45) is 10.0. The highest BCUT2D eigenvalue weighted by Gasteiger charge is 2.25. The topological polar surface area (TPSA) is 116 Å². The van der Waals surface area contributed by atoms with Crippen LogP contribution >= 0.6 is 0 Å². The van der Waals surface area contributed by atoms with E-state index in [2.05, 4.69) is 16.6 Å². The minimum atomic E-state index is -1.27. The summed E-state index contributed by atoms with van der Waals surface area (Å²) in [7, 11) is 1.28. The van der Waals surface area contributed by atoms with Gasteiger partial charge >= 0.3 is 11.9 Å². The van der Waals surface area contributed by atoms with Gasteiger partial charge in [0, 0.05) is 12.8 Å². The molecule has 0 unspecified atom stereocenters. The van der Waals surface area contributed by atoms with Crippen molar-refractivity contribution in [3.8, 4) is 24.7 Å². The summed E-state index contributed by atoms with van der Waals surface area (Å²) < 4.78 is 4.31. The number of carbonyl (C=O) groups excluding carboxylic acids is 1. The first-order valence-corrected chi connectivity index (χ1v) is 4.95. The Kier molecular flexibility index (Phi) is 9.23. The second-order valence-corrected chi connectivity index (χ2v) is 3.64. The number of hydrogen-bond acceptors (Lipinski definition) is 5. The van der Waals surface area contributed by atoms with Gasteiger partial charge < -0.3 is 21.3 Å². The molecule has 0 aromatic carbocycles. The van der Waals surface area contributed by atoms with E-state index >= 15 is 0 Å². The molecule has 100 valence electrons. The lowest BCUT2D eigenvalue weighted by molar-refractivity contribution is -0.143. The molecule has 0 bridgehead atoms. The van der Waals surface area contributed by atoms with Crippen LogP contribution in [0.1, 0.15) is 19.8 Å². The fourth-order valence-corrected chi connectivity index (χ4v) is 0.649. The second kappa shape index (κ2) is 9.06. The van der Waals surface area contributed by atoms with Crippen LogP contribution in [0.5, 0.6) is 0 Å². The second-order valence-electron chi connectivity index (χ2n) is 3.64. The number of esters is 1. The van der Waals surface area contributed by atoms with Gasteiger partial charge in [0.1, 0.15) is 11.6 Å². The quantitative estimate of drug-likeness (QED) is 0.452. The van der Waals surface area contributed by atoms with Gasteiger partial charge in [-0.05, 0) is 6.92 Å². The molecule has 0 spiro atoms. The molecule has 0 amide bonds. The molecule has 18 heavy (non-hydrogen) atoms. The summed E-state index contributed by atoms with van der Waals surface area (Å²) >= 11 is 0. The van der Waals surface area contributed by atoms with E-state index < -0.39 is 23.5 Å². The van der Waals surface area contributed by atoms with Crippen LogP contribution in [0.15, 0.2) is 0 Å². The summed E-state index contributed by atoms with van der Waals surface area (Å²) in [5.41, 5.74) is 9.18. The Hall–Kier alpha value is -2.02. The van der Waals surface area contributed by atoms with Crippen LogP contribution in [0.3, 0.4) is 0 Å². The van der Waals surface area contributed by atoms with Gasteiger partial charge in [0.25, 0.3) is 0 Å². The molecular formula is C12H18N2O4. The molecule has 0 aliphatic rings. The molecule has 0 heterocycles. The fraction of sp³-hybridized carbons (Fsp3) is 0.500. The number of terminal acetylenes is 2. The molecule has 0 aromatic heterocycles. The van der Waals surface area contributed by atoms with E-state index in [4.69, 9.17) is 29.4 Å². The van der Waals surface area contributed by atoms with Crippen LogP contribution in [0.2, 0.25) is 0 Å². The van der Waals surface area contributed by atoms with E-state index in [1.165, 1.54) is 14.0 Å². The van der Waals surface area contributed by atoms with Gasteiger partial charge in [0.2, 0.25) is 0 Å². The maximum Gasteiger partial charge on any atom is 0.324 e. The predicted octanol–water partition coefficient (Wildman–Crippen LogP) is -0.678. The van der Waals surface area contributed by atoms with Crippen molar-refractivity contribution in [2.45, 2.75) is 31.3 Å². The molecule has 0 aliphatic carbocycles. The number of ether oxygens (including phenoxy) is 1. The number of aliphatic carboxylic acids is 1. The number of nitrogens with two attached hydrogens (primary N) is 2. The first kappa shape index (κ1) is 18.3. The Morgan fingerprint density at radius 1 is 1.44 bits per heavy atom. The summed E-state index contributed by atoms with van der Waals surface area (Å²) in [4.78, 5) is 20.6. The highest BCUT2D eigenvalue weighted by Crippen LogP contribution is 2.02. The number of carbonyl (C=O) groups is 2. The predicted molar refractivity (Wildman–Crippen MR) is 67.1 cm³/mol. The molecule has 0 saturated carbocycles. The maximum atomic E-state index is 10.5. The first-order valence-electron chi connectivity index (χ1n) is 4.95. The van der Waals surface area contributed by atoms with E-state index in [1.807, 2.05) is 0 Å². The summed E-state index contributed by atoms with van der Waals surface area (Å²) in [5, 5.41) is 8.35. The molecule has 0 rings (SSSR count). The van der Waals surface area contributed by atoms with Crippen molar-refractivity contribution in [2.24, 2.45) is 11.5 Å². The van der Waals surface area contributed by atoms with Crippen LogP contribution < -0.4 is 11.5 Å². The standard InChI is InChI=1S/2C6H9NO2/c1-3-4-6(2,7)5(8)9;1-3-4-5(7)6(8)9-2/h1H,4,7H2,2H3,(H,8,9);1,5H,4,7H2,2H3/t6-;5-/m11/s1. The lowest BCUT2D eigenvalue weighted by Gasteiger charge is -2.14. The first-order chi connectivity index (χ1) is 8.22. The SMILES string of the molecule is C#CC[C@@H](N)C(=O)OC.C#CC[C@@](C)(N)C(=O)O. The highest BCUT2D eigenvalue weighted by atomic mass is 16.5.